The van der Waals surface area contributed by atoms with Gasteiger partial charge in [-0.2, -0.15) is 0 Å². The van der Waals surface area contributed by atoms with E-state index in [-0.39, 0.29) is 0 Å². The summed E-state index contributed by atoms with van der Waals surface area (Å²) >= 11 is 0. The first-order chi connectivity index (χ1) is 5.72. The van der Waals surface area contributed by atoms with Crippen LogP contribution in [0.1, 0.15) is 0 Å². The molecule has 0 bridgehead atoms. The Balaban J connectivity index is 0.000000261. The van der Waals surface area contributed by atoms with Crippen LogP contribution in [0.25, 0.3) is 0 Å². The molecule has 0 saturated heterocycles. The standard InChI is InChI=1S/C6H8N2.C2H4O2/c7-5-3-1-2-4-6(5)8;1-4-2-3/h1-4H,7-8H2;2H,1H3. The minimum atomic E-state index is 0.375. The molecular formula is C8H12N2O2. The Morgan fingerprint density at radius 2 is 1.58 bits per heavy atom. The summed E-state index contributed by atoms with van der Waals surface area (Å²) < 4.78 is 3.86. The molecule has 0 unspecified atom stereocenters. The van der Waals surface area contributed by atoms with E-state index in [1.165, 1.54) is 7.11 Å². The molecule has 0 spiro atoms. The third-order valence-corrected chi connectivity index (χ3v) is 1.09. The molecule has 4 N–H and O–H groups in total. The molecule has 1 aromatic rings. The summed E-state index contributed by atoms with van der Waals surface area (Å²) in [7, 11) is 1.31. The monoisotopic (exact) mass is 168 g/mol. The van der Waals surface area contributed by atoms with Crippen LogP contribution in [0.2, 0.25) is 0 Å². The maximum Gasteiger partial charge on any atom is 0.292 e. The molecule has 0 aliphatic rings. The van der Waals surface area contributed by atoms with Crippen LogP contribution in [0.4, 0.5) is 11.4 Å². The highest BCUT2D eigenvalue weighted by atomic mass is 16.5. The van der Waals surface area contributed by atoms with Crippen molar-refractivity contribution in [1.29, 1.82) is 0 Å². The summed E-state index contributed by atoms with van der Waals surface area (Å²) in [6.07, 6.45) is 0. The first-order valence-electron chi connectivity index (χ1n) is 3.28. The van der Waals surface area contributed by atoms with Gasteiger partial charge in [0.2, 0.25) is 0 Å². The number of hydrogen-bond acceptors (Lipinski definition) is 4. The van der Waals surface area contributed by atoms with Crippen molar-refractivity contribution in [3.8, 4) is 0 Å². The van der Waals surface area contributed by atoms with Crippen LogP contribution >= 0.6 is 0 Å². The summed E-state index contributed by atoms with van der Waals surface area (Å²) in [5.74, 6) is 0. The van der Waals surface area contributed by atoms with Crippen molar-refractivity contribution in [3.63, 3.8) is 0 Å². The number of methoxy groups -OCH3 is 1. The summed E-state index contributed by atoms with van der Waals surface area (Å²) in [5, 5.41) is 0. The minimum absolute atomic E-state index is 0.375. The van der Waals surface area contributed by atoms with Gasteiger partial charge in [-0.05, 0) is 12.1 Å². The molecule has 4 heteroatoms. The fourth-order valence-electron chi connectivity index (χ4n) is 0.511. The van der Waals surface area contributed by atoms with Gasteiger partial charge in [-0.3, -0.25) is 4.79 Å². The molecule has 66 valence electrons. The number of hydrogen-bond donors (Lipinski definition) is 2. The van der Waals surface area contributed by atoms with Crippen LogP contribution in [0, 0.1) is 0 Å². The smallest absolute Gasteiger partial charge is 0.292 e. The van der Waals surface area contributed by atoms with Crippen molar-refractivity contribution in [2.45, 2.75) is 0 Å². The summed E-state index contributed by atoms with van der Waals surface area (Å²) in [4.78, 5) is 8.95. The first kappa shape index (κ1) is 10.3. The average Bonchev–Trinajstić information content (AvgIpc) is 2.11. The zero-order valence-electron chi connectivity index (χ0n) is 6.86. The number of nitrogens with two attached hydrogens (primary N) is 2. The van der Waals surface area contributed by atoms with E-state index in [9.17, 15) is 0 Å². The fourth-order valence-corrected chi connectivity index (χ4v) is 0.511. The van der Waals surface area contributed by atoms with Gasteiger partial charge < -0.3 is 16.2 Å². The molecule has 4 nitrogen and oxygen atoms in total. The zero-order valence-corrected chi connectivity index (χ0v) is 6.86. The van der Waals surface area contributed by atoms with E-state index in [0.29, 0.717) is 17.8 Å². The molecular weight excluding hydrogens is 156 g/mol. The molecule has 0 aliphatic heterocycles. The van der Waals surface area contributed by atoms with Crippen molar-refractivity contribution in [2.24, 2.45) is 0 Å². The first-order valence-corrected chi connectivity index (χ1v) is 3.28. The van der Waals surface area contributed by atoms with E-state index < -0.39 is 0 Å². The van der Waals surface area contributed by atoms with E-state index in [1.807, 2.05) is 12.1 Å². The van der Waals surface area contributed by atoms with E-state index in [1.54, 1.807) is 12.1 Å². The van der Waals surface area contributed by atoms with Gasteiger partial charge in [-0.25, -0.2) is 0 Å². The number of rotatable bonds is 1. The number of anilines is 2. The van der Waals surface area contributed by atoms with Crippen molar-refractivity contribution >= 4 is 17.8 Å². The maximum atomic E-state index is 8.95. The molecule has 1 aromatic carbocycles. The minimum Gasteiger partial charge on any atom is -0.471 e. The molecule has 0 aliphatic carbocycles. The van der Waals surface area contributed by atoms with Gasteiger partial charge in [0.25, 0.3) is 6.47 Å². The summed E-state index contributed by atoms with van der Waals surface area (Å²) in [6.45, 7) is 0.375. The summed E-state index contributed by atoms with van der Waals surface area (Å²) in [5.41, 5.74) is 12.1. The highest BCUT2D eigenvalue weighted by Gasteiger charge is 1.85. The Morgan fingerprint density at radius 1 is 1.25 bits per heavy atom. The van der Waals surface area contributed by atoms with Crippen LogP contribution in [0.5, 0.6) is 0 Å². The number of ether oxygens (including phenoxy) is 1. The lowest BCUT2D eigenvalue weighted by Gasteiger charge is -1.94. The Bertz CT molecular complexity index is 217. The second-order valence-corrected chi connectivity index (χ2v) is 1.96. The quantitative estimate of drug-likeness (QED) is 0.476. The van der Waals surface area contributed by atoms with Crippen LogP contribution in [-0.2, 0) is 9.53 Å². The molecule has 1 rings (SSSR count). The molecule has 0 saturated carbocycles. The van der Waals surface area contributed by atoms with Gasteiger partial charge in [-0.1, -0.05) is 12.1 Å². The Kier molecular flexibility index (Phi) is 5.17. The number of para-hydroxylation sites is 2. The second-order valence-electron chi connectivity index (χ2n) is 1.96. The lowest BCUT2D eigenvalue weighted by Crippen LogP contribution is -1.91. The molecule has 12 heavy (non-hydrogen) atoms. The van der Waals surface area contributed by atoms with Gasteiger partial charge in [0, 0.05) is 0 Å². The van der Waals surface area contributed by atoms with Gasteiger partial charge in [0.05, 0.1) is 18.5 Å². The lowest BCUT2D eigenvalue weighted by atomic mass is 10.3. The van der Waals surface area contributed by atoms with Crippen molar-refractivity contribution in [2.75, 3.05) is 18.6 Å². The Hall–Kier alpha value is -1.71. The number of carbonyl (C=O) groups excluding carboxylic acids is 1. The zero-order chi connectivity index (χ0) is 9.40. The molecule has 0 aromatic heterocycles. The number of nitrogen functional groups attached to an aromatic ring is 2. The van der Waals surface area contributed by atoms with Crippen LogP contribution < -0.4 is 11.5 Å². The highest BCUT2D eigenvalue weighted by Crippen LogP contribution is 2.10. The number of benzene rings is 1. The van der Waals surface area contributed by atoms with Crippen LogP contribution in [0.15, 0.2) is 24.3 Å². The van der Waals surface area contributed by atoms with Crippen molar-refractivity contribution < 1.29 is 9.53 Å². The molecule has 0 atom stereocenters. The molecule has 0 heterocycles. The van der Waals surface area contributed by atoms with E-state index in [0.717, 1.165) is 0 Å². The fraction of sp³-hybridized carbons (Fsp3) is 0.125. The largest absolute Gasteiger partial charge is 0.471 e. The van der Waals surface area contributed by atoms with Crippen molar-refractivity contribution in [3.05, 3.63) is 24.3 Å². The lowest BCUT2D eigenvalue weighted by molar-refractivity contribution is -0.126. The van der Waals surface area contributed by atoms with Crippen molar-refractivity contribution in [1.82, 2.24) is 0 Å². The van der Waals surface area contributed by atoms with Gasteiger partial charge >= 0.3 is 0 Å². The van der Waals surface area contributed by atoms with E-state index in [4.69, 9.17) is 16.3 Å². The third kappa shape index (κ3) is 4.16. The number of carbonyl (C=O) groups is 1. The third-order valence-electron chi connectivity index (χ3n) is 1.09. The van der Waals surface area contributed by atoms with Gasteiger partial charge in [0.15, 0.2) is 0 Å². The normalized spacial score (nSPS) is 7.75. The second kappa shape index (κ2) is 6.03. The predicted octanol–water partition coefficient (Wildman–Crippen LogP) is 0.640. The van der Waals surface area contributed by atoms with Crippen LogP contribution in [-0.4, -0.2) is 13.6 Å². The van der Waals surface area contributed by atoms with E-state index >= 15 is 0 Å². The maximum absolute atomic E-state index is 8.95. The SMILES string of the molecule is COC=O.Nc1ccccc1N. The topological polar surface area (TPSA) is 78.3 Å². The highest BCUT2D eigenvalue weighted by molar-refractivity contribution is 5.62. The van der Waals surface area contributed by atoms with Gasteiger partial charge in [0.1, 0.15) is 0 Å². The Labute approximate surface area is 71.1 Å². The molecule has 0 radical (unpaired) electrons. The molecule has 0 fully saturated rings. The summed E-state index contributed by atoms with van der Waals surface area (Å²) in [6, 6.07) is 7.25. The van der Waals surface area contributed by atoms with Crippen LogP contribution in [0.3, 0.4) is 0 Å². The predicted molar refractivity (Wildman–Crippen MR) is 48.3 cm³/mol. The average molecular weight is 168 g/mol. The van der Waals surface area contributed by atoms with E-state index in [2.05, 4.69) is 4.74 Å². The van der Waals surface area contributed by atoms with Gasteiger partial charge in [-0.15, -0.1) is 0 Å². The molecule has 0 amide bonds. The Morgan fingerprint density at radius 3 is 1.75 bits per heavy atom.